The summed E-state index contributed by atoms with van der Waals surface area (Å²) in [5, 5.41) is 12.6. The zero-order chi connectivity index (χ0) is 21.2. The average molecular weight is 407 g/mol. The molecule has 1 amide bonds. The molecular weight excluding hydrogens is 391 g/mol. The summed E-state index contributed by atoms with van der Waals surface area (Å²) in [4.78, 5) is 24.6. The lowest BCUT2D eigenvalue weighted by Crippen LogP contribution is -2.51. The second-order valence-corrected chi connectivity index (χ2v) is 6.23. The number of halogens is 3. The number of methoxy groups -OCH3 is 1. The van der Waals surface area contributed by atoms with E-state index in [9.17, 15) is 27.9 Å². The minimum absolute atomic E-state index is 0.104. The lowest BCUT2D eigenvalue weighted by Gasteiger charge is -2.31. The third-order valence-electron chi connectivity index (χ3n) is 4.41. The molecule has 0 aliphatic carbocycles. The van der Waals surface area contributed by atoms with E-state index >= 15 is 0 Å². The van der Waals surface area contributed by atoms with Crippen LogP contribution in [0.5, 0.6) is 5.75 Å². The van der Waals surface area contributed by atoms with Crippen molar-refractivity contribution >= 4 is 16.9 Å². The van der Waals surface area contributed by atoms with E-state index in [-0.39, 0.29) is 11.3 Å². The number of hydrogen-bond donors (Lipinski definition) is 2. The average Bonchev–Trinajstić information content (AvgIpc) is 2.70. The second kappa shape index (κ2) is 7.59. The van der Waals surface area contributed by atoms with Gasteiger partial charge in [-0.1, -0.05) is 42.5 Å². The van der Waals surface area contributed by atoms with E-state index in [1.54, 1.807) is 18.2 Å². The Morgan fingerprint density at radius 3 is 2.45 bits per heavy atom. The summed E-state index contributed by atoms with van der Waals surface area (Å²) < 4.78 is 50.7. The predicted octanol–water partition coefficient (Wildman–Crippen LogP) is 2.98. The highest BCUT2D eigenvalue weighted by Crippen LogP contribution is 2.38. The number of amides is 1. The first-order valence-electron chi connectivity index (χ1n) is 8.41. The molecule has 29 heavy (non-hydrogen) atoms. The number of alkyl halides is 3. The first kappa shape index (κ1) is 20.4. The first-order chi connectivity index (χ1) is 13.7. The predicted molar refractivity (Wildman–Crippen MR) is 97.8 cm³/mol. The number of hydrogen-bond acceptors (Lipinski definition) is 5. The molecule has 0 fully saturated rings. The van der Waals surface area contributed by atoms with Gasteiger partial charge < -0.3 is 19.6 Å². The molecule has 0 radical (unpaired) electrons. The van der Waals surface area contributed by atoms with Gasteiger partial charge in [0.1, 0.15) is 5.56 Å². The van der Waals surface area contributed by atoms with E-state index < -0.39 is 41.0 Å². The molecule has 0 bridgehead atoms. The van der Waals surface area contributed by atoms with Crippen molar-refractivity contribution in [1.82, 2.24) is 5.32 Å². The monoisotopic (exact) mass is 407 g/mol. The lowest BCUT2D eigenvalue weighted by molar-refractivity contribution is -0.263. The topological polar surface area (TPSA) is 88.8 Å². The second-order valence-electron chi connectivity index (χ2n) is 6.23. The Morgan fingerprint density at radius 1 is 1.14 bits per heavy atom. The fourth-order valence-electron chi connectivity index (χ4n) is 2.82. The molecule has 0 saturated carbocycles. The van der Waals surface area contributed by atoms with Gasteiger partial charge in [-0.25, -0.2) is 4.79 Å². The van der Waals surface area contributed by atoms with E-state index in [0.717, 1.165) is 12.1 Å². The number of nitrogens with one attached hydrogen (secondary N) is 1. The van der Waals surface area contributed by atoms with Crippen molar-refractivity contribution in [2.45, 2.75) is 11.8 Å². The quantitative estimate of drug-likeness (QED) is 0.635. The molecule has 3 rings (SSSR count). The lowest BCUT2D eigenvalue weighted by atomic mass is 9.93. The highest BCUT2D eigenvalue weighted by Gasteiger charge is 2.55. The van der Waals surface area contributed by atoms with Gasteiger partial charge in [0.25, 0.3) is 5.91 Å². The number of benzene rings is 2. The van der Waals surface area contributed by atoms with Crippen molar-refractivity contribution in [3.05, 3.63) is 76.1 Å². The Labute approximate surface area is 162 Å². The molecule has 2 N–H and O–H groups in total. The molecule has 1 atom stereocenters. The van der Waals surface area contributed by atoms with Gasteiger partial charge in [-0.05, 0) is 17.7 Å². The minimum Gasteiger partial charge on any atom is -0.493 e. The standard InChI is InChI=1S/C20H16F3NO5/c1-28-15-9-5-6-12-10-14(18(26)29-16(12)15)17(25)24-11-19(27,20(21,22)23)13-7-3-2-4-8-13/h2-10,27H,11H2,1H3,(H,24,25). The van der Waals surface area contributed by atoms with E-state index in [0.29, 0.717) is 5.39 Å². The molecule has 9 heteroatoms. The molecule has 0 aliphatic rings. The van der Waals surface area contributed by atoms with Gasteiger partial charge in [0, 0.05) is 5.39 Å². The third kappa shape index (κ3) is 3.81. The summed E-state index contributed by atoms with van der Waals surface area (Å²) in [6, 6.07) is 12.2. The van der Waals surface area contributed by atoms with Crippen LogP contribution in [0.2, 0.25) is 0 Å². The van der Waals surface area contributed by atoms with E-state index in [1.165, 1.54) is 31.4 Å². The number of aliphatic hydroxyl groups is 1. The fourth-order valence-corrected chi connectivity index (χ4v) is 2.82. The van der Waals surface area contributed by atoms with Crippen molar-refractivity contribution in [3.8, 4) is 5.75 Å². The van der Waals surface area contributed by atoms with Gasteiger partial charge in [0.05, 0.1) is 13.7 Å². The maximum Gasteiger partial charge on any atom is 0.423 e. The number of fused-ring (bicyclic) bond motifs is 1. The zero-order valence-electron chi connectivity index (χ0n) is 15.1. The number of carbonyl (C=O) groups excluding carboxylic acids is 1. The SMILES string of the molecule is COc1cccc2cc(C(=O)NCC(O)(c3ccccc3)C(F)(F)F)c(=O)oc12. The summed E-state index contributed by atoms with van der Waals surface area (Å²) in [7, 11) is 1.37. The summed E-state index contributed by atoms with van der Waals surface area (Å²) in [6.45, 7) is -1.19. The number of rotatable bonds is 5. The molecule has 0 spiro atoms. The summed E-state index contributed by atoms with van der Waals surface area (Å²) >= 11 is 0. The summed E-state index contributed by atoms with van der Waals surface area (Å²) in [5.74, 6) is -0.843. The van der Waals surface area contributed by atoms with Crippen molar-refractivity contribution in [1.29, 1.82) is 0 Å². The van der Waals surface area contributed by atoms with Crippen molar-refractivity contribution < 1.29 is 32.2 Å². The summed E-state index contributed by atoms with van der Waals surface area (Å²) in [6.07, 6.45) is -5.07. The number of para-hydroxylation sites is 1. The molecule has 152 valence electrons. The van der Waals surface area contributed by atoms with Crippen LogP contribution in [0.3, 0.4) is 0 Å². The van der Waals surface area contributed by atoms with Gasteiger partial charge >= 0.3 is 11.8 Å². The molecule has 1 heterocycles. The van der Waals surface area contributed by atoms with Crippen LogP contribution in [0, 0.1) is 0 Å². The largest absolute Gasteiger partial charge is 0.493 e. The smallest absolute Gasteiger partial charge is 0.423 e. The molecule has 0 aliphatic heterocycles. The fraction of sp³-hybridized carbons (Fsp3) is 0.200. The van der Waals surface area contributed by atoms with Crippen LogP contribution >= 0.6 is 0 Å². The van der Waals surface area contributed by atoms with Crippen LogP contribution in [-0.2, 0) is 5.60 Å². The Balaban J connectivity index is 1.92. The van der Waals surface area contributed by atoms with Crippen molar-refractivity contribution in [2.75, 3.05) is 13.7 Å². The third-order valence-corrected chi connectivity index (χ3v) is 4.41. The molecular formula is C20H16F3NO5. The molecule has 2 aromatic carbocycles. The maximum atomic E-state index is 13.5. The van der Waals surface area contributed by atoms with Gasteiger partial charge in [-0.2, -0.15) is 13.2 Å². The van der Waals surface area contributed by atoms with Gasteiger partial charge in [-0.3, -0.25) is 4.79 Å². The van der Waals surface area contributed by atoms with Crippen molar-refractivity contribution in [2.24, 2.45) is 0 Å². The van der Waals surface area contributed by atoms with Crippen molar-refractivity contribution in [3.63, 3.8) is 0 Å². The highest BCUT2D eigenvalue weighted by atomic mass is 19.4. The van der Waals surface area contributed by atoms with Crippen LogP contribution in [0.4, 0.5) is 13.2 Å². The van der Waals surface area contributed by atoms with E-state index in [1.807, 2.05) is 5.32 Å². The minimum atomic E-state index is -5.07. The van der Waals surface area contributed by atoms with Crippen LogP contribution in [-0.4, -0.2) is 30.8 Å². The maximum absolute atomic E-state index is 13.5. The Kier molecular flexibility index (Phi) is 5.34. The Bertz CT molecular complexity index is 1090. The molecule has 6 nitrogen and oxygen atoms in total. The van der Waals surface area contributed by atoms with E-state index in [4.69, 9.17) is 9.15 Å². The zero-order valence-corrected chi connectivity index (χ0v) is 15.1. The van der Waals surface area contributed by atoms with Crippen LogP contribution in [0.25, 0.3) is 11.0 Å². The first-order valence-corrected chi connectivity index (χ1v) is 8.41. The van der Waals surface area contributed by atoms with Gasteiger partial charge in [-0.15, -0.1) is 0 Å². The van der Waals surface area contributed by atoms with Crippen LogP contribution in [0.1, 0.15) is 15.9 Å². The van der Waals surface area contributed by atoms with Gasteiger partial charge in [0.15, 0.2) is 11.3 Å². The van der Waals surface area contributed by atoms with Crippen LogP contribution in [0.15, 0.2) is 63.8 Å². The normalized spacial score (nSPS) is 13.7. The molecule has 1 aromatic heterocycles. The Morgan fingerprint density at radius 2 is 1.83 bits per heavy atom. The molecule has 0 saturated heterocycles. The van der Waals surface area contributed by atoms with Gasteiger partial charge in [0.2, 0.25) is 5.60 Å². The number of ether oxygens (including phenoxy) is 1. The highest BCUT2D eigenvalue weighted by molar-refractivity contribution is 5.97. The summed E-state index contributed by atoms with van der Waals surface area (Å²) in [5.41, 5.74) is -5.21. The number of carbonyl (C=O) groups is 1. The molecule has 1 unspecified atom stereocenters. The van der Waals surface area contributed by atoms with Crippen LogP contribution < -0.4 is 15.7 Å². The Hall–Kier alpha value is -3.33. The van der Waals surface area contributed by atoms with E-state index in [2.05, 4.69) is 0 Å². The molecule has 3 aromatic rings.